The number of nitrogens with one attached hydrogen (secondary N) is 1. The van der Waals surface area contributed by atoms with E-state index in [1.807, 2.05) is 32.0 Å². The second-order valence-corrected chi connectivity index (χ2v) is 12.9. The molecule has 206 valence electrons. The number of carbonyl (C=O) groups is 1. The number of hydrogen-bond acceptors (Lipinski definition) is 7. The molecule has 3 atom stereocenters. The highest BCUT2D eigenvalue weighted by molar-refractivity contribution is 7.90. The quantitative estimate of drug-likeness (QED) is 0.337. The van der Waals surface area contributed by atoms with E-state index in [4.69, 9.17) is 9.84 Å². The van der Waals surface area contributed by atoms with Crippen molar-refractivity contribution < 1.29 is 27.4 Å². The van der Waals surface area contributed by atoms with E-state index < -0.39 is 15.8 Å². The second kappa shape index (κ2) is 10.6. The first-order valence-electron chi connectivity index (χ1n) is 13.1. The molecule has 8 nitrogen and oxygen atoms in total. The van der Waals surface area contributed by atoms with E-state index in [1.54, 1.807) is 12.4 Å². The average molecular weight is 554 g/mol. The smallest absolute Gasteiger partial charge is 0.307 e. The summed E-state index contributed by atoms with van der Waals surface area (Å²) in [7, 11) is -3.02. The van der Waals surface area contributed by atoms with Crippen molar-refractivity contribution in [3.63, 3.8) is 0 Å². The van der Waals surface area contributed by atoms with Gasteiger partial charge in [-0.15, -0.1) is 0 Å². The number of fused-ring (bicyclic) bond motifs is 1. The van der Waals surface area contributed by atoms with Gasteiger partial charge in [-0.2, -0.15) is 0 Å². The monoisotopic (exact) mass is 553 g/mol. The Hall–Kier alpha value is -3.53. The summed E-state index contributed by atoms with van der Waals surface area (Å²) in [5.74, 6) is -0.262. The predicted octanol–water partition coefficient (Wildman–Crippen LogP) is 5.00. The van der Waals surface area contributed by atoms with Gasteiger partial charge in [-0.25, -0.2) is 17.8 Å². The highest BCUT2D eigenvalue weighted by atomic mass is 32.2. The fourth-order valence-electron chi connectivity index (χ4n) is 5.61. The third kappa shape index (κ3) is 5.90. The number of sulfone groups is 1. The molecule has 1 heterocycles. The molecule has 3 aromatic rings. The first kappa shape index (κ1) is 27.1. The summed E-state index contributed by atoms with van der Waals surface area (Å²) in [5, 5.41) is 12.5. The zero-order valence-corrected chi connectivity index (χ0v) is 23.0. The van der Waals surface area contributed by atoms with Crippen LogP contribution in [0.2, 0.25) is 0 Å². The van der Waals surface area contributed by atoms with Crippen molar-refractivity contribution in [1.82, 2.24) is 9.97 Å². The van der Waals surface area contributed by atoms with Crippen LogP contribution < -0.4 is 10.1 Å². The van der Waals surface area contributed by atoms with Crippen LogP contribution in [0.1, 0.15) is 59.2 Å². The van der Waals surface area contributed by atoms with Crippen molar-refractivity contribution in [2.45, 2.75) is 51.5 Å². The van der Waals surface area contributed by atoms with Crippen LogP contribution >= 0.6 is 0 Å². The number of carboxylic acid groups (broad SMARTS) is 1. The van der Waals surface area contributed by atoms with Crippen LogP contribution in [0.25, 0.3) is 11.1 Å². The van der Waals surface area contributed by atoms with E-state index in [2.05, 4.69) is 15.3 Å². The number of aliphatic carboxylic acids is 1. The molecule has 0 aliphatic heterocycles. The molecule has 1 unspecified atom stereocenters. The second-order valence-electron chi connectivity index (χ2n) is 10.6. The summed E-state index contributed by atoms with van der Waals surface area (Å²) >= 11 is 0. The van der Waals surface area contributed by atoms with Gasteiger partial charge >= 0.3 is 5.97 Å². The summed E-state index contributed by atoms with van der Waals surface area (Å²) in [6.45, 7) is 4.31. The largest absolute Gasteiger partial charge is 0.494 e. The van der Waals surface area contributed by atoms with E-state index in [9.17, 15) is 13.2 Å². The number of anilines is 1. The minimum absolute atomic E-state index is 0.0847. The van der Waals surface area contributed by atoms with E-state index >= 15 is 4.39 Å². The lowest BCUT2D eigenvalue weighted by Crippen LogP contribution is -2.11. The van der Waals surface area contributed by atoms with E-state index in [0.29, 0.717) is 55.1 Å². The Balaban J connectivity index is 1.33. The van der Waals surface area contributed by atoms with Crippen molar-refractivity contribution in [3.05, 3.63) is 70.4 Å². The van der Waals surface area contributed by atoms with Gasteiger partial charge in [0.05, 0.1) is 42.4 Å². The lowest BCUT2D eigenvalue weighted by Gasteiger charge is -2.19. The van der Waals surface area contributed by atoms with Crippen molar-refractivity contribution in [2.24, 2.45) is 5.92 Å². The van der Waals surface area contributed by atoms with Gasteiger partial charge in [-0.05, 0) is 85.5 Å². The molecule has 2 aliphatic rings. The van der Waals surface area contributed by atoms with Crippen LogP contribution in [0.4, 0.5) is 10.2 Å². The Kier molecular flexibility index (Phi) is 7.33. The molecule has 0 radical (unpaired) electrons. The van der Waals surface area contributed by atoms with Crippen LogP contribution in [0.3, 0.4) is 0 Å². The maximum Gasteiger partial charge on any atom is 0.307 e. The van der Waals surface area contributed by atoms with Crippen LogP contribution in [0.5, 0.6) is 5.75 Å². The third-order valence-corrected chi connectivity index (χ3v) is 8.55. The van der Waals surface area contributed by atoms with Crippen molar-refractivity contribution in [2.75, 3.05) is 23.9 Å². The SMILES string of the molecule is Cc1cc(OCCCS(C)(=O)=O)cc(C)c1-c1ccc(F)c2c1CC[C@H]2Nc1cnc(C2C[C@H]2C(=O)O)cn1. The highest BCUT2D eigenvalue weighted by Crippen LogP contribution is 2.47. The predicted molar refractivity (Wildman–Crippen MR) is 146 cm³/mol. The van der Waals surface area contributed by atoms with E-state index in [1.165, 1.54) is 12.3 Å². The van der Waals surface area contributed by atoms with Crippen molar-refractivity contribution in [3.8, 4) is 16.9 Å². The lowest BCUT2D eigenvalue weighted by molar-refractivity contribution is -0.138. The number of rotatable bonds is 10. The van der Waals surface area contributed by atoms with Gasteiger partial charge in [0, 0.05) is 17.7 Å². The van der Waals surface area contributed by atoms with E-state index in [-0.39, 0.29) is 29.4 Å². The zero-order valence-electron chi connectivity index (χ0n) is 22.2. The number of carboxylic acids is 1. The highest BCUT2D eigenvalue weighted by Gasteiger charge is 2.45. The molecular weight excluding hydrogens is 521 g/mol. The van der Waals surface area contributed by atoms with Crippen LogP contribution in [-0.4, -0.2) is 48.1 Å². The van der Waals surface area contributed by atoms with Gasteiger partial charge < -0.3 is 15.2 Å². The van der Waals surface area contributed by atoms with Crippen LogP contribution in [-0.2, 0) is 21.1 Å². The maximum absolute atomic E-state index is 15.2. The summed E-state index contributed by atoms with van der Waals surface area (Å²) in [6, 6.07) is 6.97. The molecule has 0 spiro atoms. The van der Waals surface area contributed by atoms with Crippen LogP contribution in [0.15, 0.2) is 36.7 Å². The molecule has 10 heteroatoms. The van der Waals surface area contributed by atoms with Crippen LogP contribution in [0, 0.1) is 25.6 Å². The summed E-state index contributed by atoms with van der Waals surface area (Å²) in [4.78, 5) is 20.0. The molecule has 2 aliphatic carbocycles. The van der Waals surface area contributed by atoms with Gasteiger partial charge in [0.2, 0.25) is 0 Å². The summed E-state index contributed by atoms with van der Waals surface area (Å²) in [5.41, 5.74) is 6.29. The average Bonchev–Trinajstić information content (AvgIpc) is 3.57. The molecule has 0 bridgehead atoms. The van der Waals surface area contributed by atoms with Crippen molar-refractivity contribution in [1.29, 1.82) is 0 Å². The number of halogens is 1. The molecule has 5 rings (SSSR count). The molecular formula is C29H32FN3O5S. The number of aryl methyl sites for hydroxylation is 2. The normalized spacial score (nSPS) is 19.9. The standard InChI is InChI=1S/C29H32FN3O5S/c1-16-11-18(38-9-4-10-39(3,36)37)12-17(2)27(16)19-5-7-23(30)28-20(19)6-8-24(28)33-26-15-31-25(14-32-26)21-13-22(21)29(34)35/h5,7,11-12,14-15,21-22,24H,4,6,8-10,13H2,1-3H3,(H,32,33)(H,34,35)/t21?,22-,24-/m1/s1. The van der Waals surface area contributed by atoms with Gasteiger partial charge in [0.1, 0.15) is 27.2 Å². The Morgan fingerprint density at radius 3 is 2.54 bits per heavy atom. The molecule has 1 saturated carbocycles. The number of benzene rings is 2. The fourth-order valence-corrected chi connectivity index (χ4v) is 6.26. The zero-order chi connectivity index (χ0) is 27.9. The minimum atomic E-state index is -3.02. The molecule has 1 fully saturated rings. The number of nitrogens with zero attached hydrogens (tertiary/aromatic N) is 2. The summed E-state index contributed by atoms with van der Waals surface area (Å²) < 4.78 is 43.7. The lowest BCUT2D eigenvalue weighted by atomic mass is 9.90. The molecule has 2 aromatic carbocycles. The Bertz CT molecular complexity index is 1500. The molecule has 0 saturated heterocycles. The topological polar surface area (TPSA) is 118 Å². The summed E-state index contributed by atoms with van der Waals surface area (Å²) in [6.07, 6.45) is 6.83. The third-order valence-electron chi connectivity index (χ3n) is 7.52. The minimum Gasteiger partial charge on any atom is -0.494 e. The van der Waals surface area contributed by atoms with Gasteiger partial charge in [0.25, 0.3) is 0 Å². The fraction of sp³-hybridized carbons (Fsp3) is 0.414. The molecule has 2 N–H and O–H groups in total. The first-order chi connectivity index (χ1) is 18.5. The Labute approximate surface area is 227 Å². The Morgan fingerprint density at radius 1 is 1.18 bits per heavy atom. The Morgan fingerprint density at radius 2 is 1.92 bits per heavy atom. The first-order valence-corrected chi connectivity index (χ1v) is 15.1. The molecule has 0 amide bonds. The van der Waals surface area contributed by atoms with Gasteiger partial charge in [0.15, 0.2) is 0 Å². The molecule has 39 heavy (non-hydrogen) atoms. The van der Waals surface area contributed by atoms with E-state index in [0.717, 1.165) is 27.8 Å². The maximum atomic E-state index is 15.2. The van der Waals surface area contributed by atoms with Gasteiger partial charge in [-0.3, -0.25) is 9.78 Å². The molecule has 1 aromatic heterocycles. The van der Waals surface area contributed by atoms with Crippen molar-refractivity contribution >= 4 is 21.6 Å². The van der Waals surface area contributed by atoms with Gasteiger partial charge in [-0.1, -0.05) is 6.07 Å². The number of hydrogen-bond donors (Lipinski definition) is 2. The number of ether oxygens (including phenoxy) is 1. The number of aromatic nitrogens is 2.